The maximum atomic E-state index is 12.3. The molecule has 0 spiro atoms. The van der Waals surface area contributed by atoms with Crippen LogP contribution in [0.3, 0.4) is 0 Å². The highest BCUT2D eigenvalue weighted by Crippen LogP contribution is 2.29. The van der Waals surface area contributed by atoms with Crippen molar-refractivity contribution in [1.29, 1.82) is 0 Å². The Morgan fingerprint density at radius 2 is 1.96 bits per heavy atom. The van der Waals surface area contributed by atoms with Crippen molar-refractivity contribution in [3.8, 4) is 0 Å². The molecule has 0 saturated carbocycles. The molecular formula is C16H17N3O5S2. The Morgan fingerprint density at radius 3 is 2.58 bits per heavy atom. The SMILES string of the molecule is COC(=O)N1CCc2nc(NC(=O)c3ccc(S(C)(=O)=O)cc3)sc2C1. The van der Waals surface area contributed by atoms with Gasteiger partial charge in [-0.15, -0.1) is 0 Å². The van der Waals surface area contributed by atoms with Gasteiger partial charge in [0.25, 0.3) is 5.91 Å². The van der Waals surface area contributed by atoms with E-state index in [0.717, 1.165) is 16.8 Å². The van der Waals surface area contributed by atoms with E-state index in [9.17, 15) is 18.0 Å². The third-order valence-corrected chi connectivity index (χ3v) is 6.06. The van der Waals surface area contributed by atoms with Crippen LogP contribution in [0.4, 0.5) is 9.93 Å². The molecule has 10 heteroatoms. The molecule has 0 atom stereocenters. The molecule has 0 saturated heterocycles. The minimum Gasteiger partial charge on any atom is -0.453 e. The van der Waals surface area contributed by atoms with E-state index in [2.05, 4.69) is 10.3 Å². The number of sulfone groups is 1. The Kier molecular flexibility index (Phi) is 4.97. The van der Waals surface area contributed by atoms with Crippen molar-refractivity contribution in [3.05, 3.63) is 40.4 Å². The molecule has 0 radical (unpaired) electrons. The van der Waals surface area contributed by atoms with Crippen LogP contribution in [0.2, 0.25) is 0 Å². The van der Waals surface area contributed by atoms with Crippen molar-refractivity contribution in [1.82, 2.24) is 9.88 Å². The van der Waals surface area contributed by atoms with Crippen LogP contribution in [0.15, 0.2) is 29.2 Å². The predicted molar refractivity (Wildman–Crippen MR) is 96.1 cm³/mol. The van der Waals surface area contributed by atoms with Gasteiger partial charge >= 0.3 is 6.09 Å². The molecule has 0 unspecified atom stereocenters. The molecule has 0 aliphatic carbocycles. The van der Waals surface area contributed by atoms with Crippen LogP contribution >= 0.6 is 11.3 Å². The topological polar surface area (TPSA) is 106 Å². The Labute approximate surface area is 154 Å². The lowest BCUT2D eigenvalue weighted by molar-refractivity contribution is 0.102. The maximum absolute atomic E-state index is 12.3. The second-order valence-corrected chi connectivity index (χ2v) is 8.88. The molecule has 2 aromatic rings. The summed E-state index contributed by atoms with van der Waals surface area (Å²) in [6, 6.07) is 5.70. The van der Waals surface area contributed by atoms with E-state index in [4.69, 9.17) is 4.74 Å². The fourth-order valence-electron chi connectivity index (χ4n) is 2.56. The van der Waals surface area contributed by atoms with Crippen LogP contribution in [-0.2, 0) is 27.5 Å². The summed E-state index contributed by atoms with van der Waals surface area (Å²) in [4.78, 5) is 31.0. The summed E-state index contributed by atoms with van der Waals surface area (Å²) in [5, 5.41) is 3.16. The molecule has 0 fully saturated rings. The number of hydrogen-bond donors (Lipinski definition) is 1. The number of aromatic nitrogens is 1. The van der Waals surface area contributed by atoms with E-state index in [1.54, 1.807) is 4.90 Å². The monoisotopic (exact) mass is 395 g/mol. The number of thiazole rings is 1. The van der Waals surface area contributed by atoms with E-state index in [0.29, 0.717) is 30.2 Å². The highest BCUT2D eigenvalue weighted by Gasteiger charge is 2.25. The lowest BCUT2D eigenvalue weighted by Gasteiger charge is -2.24. The first-order valence-corrected chi connectivity index (χ1v) is 10.4. The lowest BCUT2D eigenvalue weighted by atomic mass is 10.2. The highest BCUT2D eigenvalue weighted by molar-refractivity contribution is 7.90. The first-order valence-electron chi connectivity index (χ1n) is 7.71. The largest absolute Gasteiger partial charge is 0.453 e. The average Bonchev–Trinajstić information content (AvgIpc) is 3.01. The molecule has 8 nitrogen and oxygen atoms in total. The van der Waals surface area contributed by atoms with Crippen LogP contribution in [0.25, 0.3) is 0 Å². The minimum atomic E-state index is -3.31. The van der Waals surface area contributed by atoms with Crippen molar-refractivity contribution in [3.63, 3.8) is 0 Å². The van der Waals surface area contributed by atoms with Crippen molar-refractivity contribution in [2.75, 3.05) is 25.2 Å². The van der Waals surface area contributed by atoms with Gasteiger partial charge in [-0.25, -0.2) is 18.2 Å². The lowest BCUT2D eigenvalue weighted by Crippen LogP contribution is -2.35. The van der Waals surface area contributed by atoms with E-state index < -0.39 is 9.84 Å². The first-order chi connectivity index (χ1) is 12.3. The second-order valence-electron chi connectivity index (χ2n) is 5.78. The number of ether oxygens (including phenoxy) is 1. The summed E-state index contributed by atoms with van der Waals surface area (Å²) in [5.41, 5.74) is 1.19. The van der Waals surface area contributed by atoms with Crippen molar-refractivity contribution < 1.29 is 22.7 Å². The number of methoxy groups -OCH3 is 1. The molecule has 26 heavy (non-hydrogen) atoms. The number of fused-ring (bicyclic) bond motifs is 1. The van der Waals surface area contributed by atoms with Gasteiger partial charge in [-0.05, 0) is 24.3 Å². The summed E-state index contributed by atoms with van der Waals surface area (Å²) in [6.07, 6.45) is 1.32. The van der Waals surface area contributed by atoms with E-state index in [1.165, 1.54) is 42.7 Å². The highest BCUT2D eigenvalue weighted by atomic mass is 32.2. The van der Waals surface area contributed by atoms with E-state index in [1.807, 2.05) is 0 Å². The number of benzene rings is 1. The van der Waals surface area contributed by atoms with Crippen molar-refractivity contribution in [2.45, 2.75) is 17.9 Å². The number of nitrogens with zero attached hydrogens (tertiary/aromatic N) is 2. The summed E-state index contributed by atoms with van der Waals surface area (Å²) in [7, 11) is -1.97. The number of anilines is 1. The summed E-state index contributed by atoms with van der Waals surface area (Å²) in [5.74, 6) is -0.374. The molecule has 138 valence electrons. The molecular weight excluding hydrogens is 378 g/mol. The fourth-order valence-corrected chi connectivity index (χ4v) is 4.21. The zero-order valence-corrected chi connectivity index (χ0v) is 15.8. The smallest absolute Gasteiger partial charge is 0.409 e. The predicted octanol–water partition coefficient (Wildman–Crippen LogP) is 1.92. The molecule has 1 aromatic carbocycles. The van der Waals surface area contributed by atoms with E-state index in [-0.39, 0.29) is 16.9 Å². The molecule has 3 rings (SSSR count). The van der Waals surface area contributed by atoms with Gasteiger partial charge in [-0.3, -0.25) is 10.1 Å². The van der Waals surface area contributed by atoms with Gasteiger partial charge in [0.2, 0.25) is 0 Å². The minimum absolute atomic E-state index is 0.154. The molecule has 2 amide bonds. The standard InChI is InChI=1S/C16H17N3O5S2/c1-24-16(21)19-8-7-12-13(9-19)25-15(17-12)18-14(20)10-3-5-11(6-4-10)26(2,22)23/h3-6H,7-9H2,1-2H3,(H,17,18,20). The Bertz CT molecular complexity index is 951. The van der Waals surface area contributed by atoms with Gasteiger partial charge in [-0.1, -0.05) is 11.3 Å². The Balaban J connectivity index is 1.71. The Hall–Kier alpha value is -2.46. The fraction of sp³-hybridized carbons (Fsp3) is 0.312. The van der Waals surface area contributed by atoms with Crippen molar-refractivity contribution >= 4 is 38.3 Å². The van der Waals surface area contributed by atoms with Crippen LogP contribution in [0, 0.1) is 0 Å². The molecule has 2 heterocycles. The van der Waals surface area contributed by atoms with Gasteiger partial charge < -0.3 is 9.64 Å². The van der Waals surface area contributed by atoms with Gasteiger partial charge in [0.15, 0.2) is 15.0 Å². The molecule has 1 aliphatic rings. The Morgan fingerprint density at radius 1 is 1.27 bits per heavy atom. The summed E-state index contributed by atoms with van der Waals surface area (Å²) >= 11 is 1.31. The van der Waals surface area contributed by atoms with E-state index >= 15 is 0 Å². The normalized spacial score (nSPS) is 13.8. The molecule has 0 bridgehead atoms. The van der Waals surface area contributed by atoms with Gasteiger partial charge in [0.1, 0.15) is 0 Å². The second kappa shape index (κ2) is 7.04. The van der Waals surface area contributed by atoms with Crippen molar-refractivity contribution in [2.24, 2.45) is 0 Å². The average molecular weight is 395 g/mol. The number of nitrogens with one attached hydrogen (secondary N) is 1. The third-order valence-electron chi connectivity index (χ3n) is 3.93. The first kappa shape index (κ1) is 18.3. The number of carbonyl (C=O) groups excluding carboxylic acids is 2. The molecule has 1 aromatic heterocycles. The van der Waals surface area contributed by atoms with Crippen LogP contribution in [0.5, 0.6) is 0 Å². The van der Waals surface area contributed by atoms with Gasteiger partial charge in [-0.2, -0.15) is 0 Å². The number of carbonyl (C=O) groups is 2. The van der Waals surface area contributed by atoms with Crippen LogP contribution in [0.1, 0.15) is 20.9 Å². The number of amides is 2. The van der Waals surface area contributed by atoms with Gasteiger partial charge in [0, 0.05) is 29.7 Å². The van der Waals surface area contributed by atoms with Gasteiger partial charge in [0.05, 0.1) is 24.2 Å². The number of hydrogen-bond acceptors (Lipinski definition) is 7. The molecule has 1 aliphatic heterocycles. The summed E-state index contributed by atoms with van der Waals surface area (Å²) < 4.78 is 27.7. The molecule has 1 N–H and O–H groups in total. The number of rotatable bonds is 3. The van der Waals surface area contributed by atoms with Crippen LogP contribution in [-0.4, -0.2) is 50.2 Å². The maximum Gasteiger partial charge on any atom is 0.409 e. The quantitative estimate of drug-likeness (QED) is 0.851. The zero-order valence-electron chi connectivity index (χ0n) is 14.2. The van der Waals surface area contributed by atoms with Crippen LogP contribution < -0.4 is 5.32 Å². The zero-order chi connectivity index (χ0) is 18.9. The summed E-state index contributed by atoms with van der Waals surface area (Å²) in [6.45, 7) is 0.919. The third kappa shape index (κ3) is 3.86.